The number of aliphatic hydroxyl groups is 1. The molecule has 5 N–H and O–H groups in total. The Balaban J connectivity index is 1.81. The number of halogens is 3. The zero-order chi connectivity index (χ0) is 21.4. The van der Waals surface area contributed by atoms with Gasteiger partial charge in [0.15, 0.2) is 11.4 Å². The molecule has 3 rings (SSSR count). The standard InChI is InChI=1S/C17H21F3N6O3/c1-29-12-3-2-10(24-25-12)26-6-4-9(5-7-26)14(21)13-15(22)23-11(27)8-16(13,28)17(18,19)20/h2-3,9,28H,4-8,21H2,1H3,(H2,22,23,27). The second-order valence-electron chi connectivity index (χ2n) is 6.98. The summed E-state index contributed by atoms with van der Waals surface area (Å²) >= 11 is 0. The molecule has 9 nitrogen and oxygen atoms in total. The number of ether oxygens (including phenoxy) is 1. The molecule has 0 aromatic carbocycles. The molecule has 0 bridgehead atoms. The molecule has 3 heterocycles. The van der Waals surface area contributed by atoms with Crippen molar-refractivity contribution in [3.05, 3.63) is 23.4 Å². The second kappa shape index (κ2) is 7.50. The maximum absolute atomic E-state index is 13.5. The Labute approximate surface area is 164 Å². The predicted octanol–water partition coefficient (Wildman–Crippen LogP) is 0.705. The van der Waals surface area contributed by atoms with E-state index in [1.165, 1.54) is 7.11 Å². The molecule has 2 fully saturated rings. The summed E-state index contributed by atoms with van der Waals surface area (Å²) in [6.07, 6.45) is -5.60. The molecule has 1 aromatic rings. The van der Waals surface area contributed by atoms with Crippen molar-refractivity contribution < 1.29 is 27.8 Å². The van der Waals surface area contributed by atoms with Gasteiger partial charge in [-0.3, -0.25) is 10.2 Å². The van der Waals surface area contributed by atoms with Crippen LogP contribution in [0.3, 0.4) is 0 Å². The van der Waals surface area contributed by atoms with Crippen molar-refractivity contribution in [1.82, 2.24) is 15.5 Å². The Kier molecular flexibility index (Phi) is 5.39. The highest BCUT2D eigenvalue weighted by atomic mass is 19.4. The zero-order valence-electron chi connectivity index (χ0n) is 15.6. The number of amidine groups is 1. The van der Waals surface area contributed by atoms with Crippen molar-refractivity contribution in [2.24, 2.45) is 11.7 Å². The fraction of sp³-hybridized carbons (Fsp3) is 0.529. The van der Waals surface area contributed by atoms with Crippen LogP contribution in [0.4, 0.5) is 19.0 Å². The van der Waals surface area contributed by atoms with E-state index in [2.05, 4.69) is 10.2 Å². The number of amides is 1. The molecule has 1 unspecified atom stereocenters. The predicted molar refractivity (Wildman–Crippen MR) is 96.2 cm³/mol. The fourth-order valence-electron chi connectivity index (χ4n) is 3.61. The minimum Gasteiger partial charge on any atom is -0.480 e. The number of carbonyl (C=O) groups excluding carboxylic acids is 1. The highest BCUT2D eigenvalue weighted by Crippen LogP contribution is 2.43. The number of hydrogen-bond donors (Lipinski definition) is 4. The summed E-state index contributed by atoms with van der Waals surface area (Å²) in [6, 6.07) is 3.38. The highest BCUT2D eigenvalue weighted by molar-refractivity contribution is 6.11. The first-order chi connectivity index (χ1) is 13.6. The van der Waals surface area contributed by atoms with Gasteiger partial charge in [0.25, 0.3) is 0 Å². The number of piperidine rings is 2. The molecule has 1 aromatic heterocycles. The molecule has 29 heavy (non-hydrogen) atoms. The number of anilines is 1. The number of carbonyl (C=O) groups is 1. The SMILES string of the molecule is COc1ccc(N2CCC(C(N)=C3C(=N)NC(=O)CC3(O)C(F)(F)F)CC2)nn1. The molecule has 158 valence electrons. The van der Waals surface area contributed by atoms with Crippen molar-refractivity contribution in [1.29, 1.82) is 5.41 Å². The first-order valence-electron chi connectivity index (χ1n) is 8.87. The number of nitrogens with two attached hydrogens (primary N) is 1. The second-order valence-corrected chi connectivity index (χ2v) is 6.98. The maximum atomic E-state index is 13.5. The molecule has 0 saturated carbocycles. The minimum absolute atomic E-state index is 0.227. The Morgan fingerprint density at radius 3 is 2.55 bits per heavy atom. The molecule has 2 saturated heterocycles. The number of aromatic nitrogens is 2. The topological polar surface area (TPSA) is 137 Å². The van der Waals surface area contributed by atoms with Crippen molar-refractivity contribution in [3.8, 4) is 5.88 Å². The molecule has 0 spiro atoms. The van der Waals surface area contributed by atoms with E-state index in [1.807, 2.05) is 10.2 Å². The Morgan fingerprint density at radius 2 is 2.03 bits per heavy atom. The molecule has 0 radical (unpaired) electrons. The average molecular weight is 414 g/mol. The zero-order valence-corrected chi connectivity index (χ0v) is 15.6. The van der Waals surface area contributed by atoms with Gasteiger partial charge < -0.3 is 25.8 Å². The number of methoxy groups -OCH3 is 1. The van der Waals surface area contributed by atoms with Crippen LogP contribution in [0.2, 0.25) is 0 Å². The lowest BCUT2D eigenvalue weighted by Crippen LogP contribution is -2.59. The van der Waals surface area contributed by atoms with E-state index in [4.69, 9.17) is 15.9 Å². The third-order valence-electron chi connectivity index (χ3n) is 5.20. The van der Waals surface area contributed by atoms with E-state index in [1.54, 1.807) is 12.1 Å². The van der Waals surface area contributed by atoms with E-state index >= 15 is 0 Å². The first kappa shape index (κ1) is 20.8. The number of rotatable bonds is 3. The molecular formula is C17H21F3N6O3. The Hall–Kier alpha value is -2.89. The summed E-state index contributed by atoms with van der Waals surface area (Å²) in [4.78, 5) is 13.4. The van der Waals surface area contributed by atoms with Crippen LogP contribution < -0.4 is 20.7 Å². The normalized spacial score (nSPS) is 25.6. The lowest BCUT2D eigenvalue weighted by Gasteiger charge is -2.39. The smallest absolute Gasteiger partial charge is 0.422 e. The summed E-state index contributed by atoms with van der Waals surface area (Å²) in [7, 11) is 1.47. The molecule has 2 aliphatic heterocycles. The van der Waals surface area contributed by atoms with Crippen LogP contribution in [0.15, 0.2) is 23.4 Å². The summed E-state index contributed by atoms with van der Waals surface area (Å²) in [6.45, 7) is 0.896. The first-order valence-corrected chi connectivity index (χ1v) is 8.87. The van der Waals surface area contributed by atoms with Gasteiger partial charge in [-0.1, -0.05) is 0 Å². The van der Waals surface area contributed by atoms with Crippen LogP contribution in [0.1, 0.15) is 19.3 Å². The lowest BCUT2D eigenvalue weighted by molar-refractivity contribution is -0.244. The number of nitrogens with zero attached hydrogens (tertiary/aromatic N) is 3. The highest BCUT2D eigenvalue weighted by Gasteiger charge is 2.61. The largest absolute Gasteiger partial charge is 0.480 e. The average Bonchev–Trinajstić information content (AvgIpc) is 2.66. The van der Waals surface area contributed by atoms with Crippen LogP contribution in [0, 0.1) is 11.3 Å². The van der Waals surface area contributed by atoms with Crippen LogP contribution in [-0.2, 0) is 4.79 Å². The van der Waals surface area contributed by atoms with E-state index in [0.717, 1.165) is 0 Å². The van der Waals surface area contributed by atoms with Crippen molar-refractivity contribution in [2.75, 3.05) is 25.1 Å². The van der Waals surface area contributed by atoms with Crippen LogP contribution in [-0.4, -0.2) is 59.0 Å². The van der Waals surface area contributed by atoms with Crippen LogP contribution in [0.25, 0.3) is 0 Å². The van der Waals surface area contributed by atoms with Gasteiger partial charge in [0, 0.05) is 30.8 Å². The van der Waals surface area contributed by atoms with Crippen LogP contribution >= 0.6 is 0 Å². The number of allylic oxidation sites excluding steroid dienone is 1. The van der Waals surface area contributed by atoms with E-state index in [-0.39, 0.29) is 5.70 Å². The minimum atomic E-state index is -5.14. The van der Waals surface area contributed by atoms with E-state index in [9.17, 15) is 23.1 Å². The van der Waals surface area contributed by atoms with E-state index < -0.39 is 41.4 Å². The van der Waals surface area contributed by atoms with Gasteiger partial charge in [0.05, 0.1) is 19.1 Å². The Morgan fingerprint density at radius 1 is 1.38 bits per heavy atom. The molecule has 1 atom stereocenters. The molecular weight excluding hydrogens is 393 g/mol. The van der Waals surface area contributed by atoms with Gasteiger partial charge in [0.1, 0.15) is 5.84 Å². The van der Waals surface area contributed by atoms with Gasteiger partial charge in [-0.15, -0.1) is 10.2 Å². The van der Waals surface area contributed by atoms with Gasteiger partial charge >= 0.3 is 6.18 Å². The fourth-order valence-corrected chi connectivity index (χ4v) is 3.61. The molecule has 2 aliphatic rings. The van der Waals surface area contributed by atoms with Crippen LogP contribution in [0.5, 0.6) is 5.88 Å². The van der Waals surface area contributed by atoms with Crippen molar-refractivity contribution >= 4 is 17.6 Å². The number of alkyl halides is 3. The summed E-state index contributed by atoms with van der Waals surface area (Å²) in [5.41, 5.74) is 1.54. The Bertz CT molecular complexity index is 834. The van der Waals surface area contributed by atoms with Crippen molar-refractivity contribution in [2.45, 2.75) is 31.0 Å². The monoisotopic (exact) mass is 414 g/mol. The van der Waals surface area contributed by atoms with E-state index in [0.29, 0.717) is 37.6 Å². The number of nitrogens with one attached hydrogen (secondary N) is 2. The molecule has 12 heteroatoms. The van der Waals surface area contributed by atoms with Gasteiger partial charge in [-0.05, 0) is 18.9 Å². The summed E-state index contributed by atoms with van der Waals surface area (Å²) in [5, 5.41) is 28.0. The maximum Gasteiger partial charge on any atom is 0.422 e. The lowest BCUT2D eigenvalue weighted by atomic mass is 9.79. The van der Waals surface area contributed by atoms with Gasteiger partial charge in [-0.25, -0.2) is 0 Å². The van der Waals surface area contributed by atoms with Gasteiger partial charge in [0.2, 0.25) is 11.8 Å². The quantitative estimate of drug-likeness (QED) is 0.571. The molecule has 0 aliphatic carbocycles. The van der Waals surface area contributed by atoms with Crippen molar-refractivity contribution in [3.63, 3.8) is 0 Å². The third-order valence-corrected chi connectivity index (χ3v) is 5.20. The molecule has 1 amide bonds. The third kappa shape index (κ3) is 3.84. The van der Waals surface area contributed by atoms with Gasteiger partial charge in [-0.2, -0.15) is 13.2 Å². The number of hydrogen-bond acceptors (Lipinski definition) is 8. The summed E-state index contributed by atoms with van der Waals surface area (Å²) < 4.78 is 45.6. The summed E-state index contributed by atoms with van der Waals surface area (Å²) in [5.74, 6) is -1.43.